The zero-order valence-electron chi connectivity index (χ0n) is 14.2. The van der Waals surface area contributed by atoms with Gasteiger partial charge < -0.3 is 10.1 Å². The third kappa shape index (κ3) is 5.60. The molecule has 0 aliphatic carbocycles. The molecule has 1 N–H and O–H groups in total. The maximum atomic E-state index is 6.18. The molecule has 0 atom stereocenters. The van der Waals surface area contributed by atoms with Crippen LogP contribution < -0.4 is 10.1 Å². The average molecular weight is 437 g/mol. The first-order valence-electron chi connectivity index (χ1n) is 8.21. The van der Waals surface area contributed by atoms with Gasteiger partial charge in [0, 0.05) is 32.7 Å². The van der Waals surface area contributed by atoms with E-state index in [1.807, 2.05) is 54.6 Å². The molecule has 138 valence electrons. The van der Waals surface area contributed by atoms with Crippen molar-refractivity contribution in [2.75, 3.05) is 0 Å². The molecular formula is C21H16Cl3NOS. The van der Waals surface area contributed by atoms with E-state index in [0.717, 1.165) is 16.7 Å². The molecule has 6 heteroatoms. The van der Waals surface area contributed by atoms with Crippen LogP contribution in [0.4, 0.5) is 0 Å². The van der Waals surface area contributed by atoms with Crippen molar-refractivity contribution in [1.29, 1.82) is 0 Å². The van der Waals surface area contributed by atoms with Gasteiger partial charge in [0.15, 0.2) is 0 Å². The molecule has 0 aliphatic rings. The topological polar surface area (TPSA) is 21.3 Å². The molecule has 3 aromatic rings. The van der Waals surface area contributed by atoms with E-state index in [4.69, 9.17) is 51.8 Å². The van der Waals surface area contributed by atoms with Crippen LogP contribution in [-0.4, -0.2) is 4.99 Å². The molecule has 0 saturated heterocycles. The number of halogens is 3. The molecule has 3 aromatic carbocycles. The summed E-state index contributed by atoms with van der Waals surface area (Å²) in [6, 6.07) is 20.6. The van der Waals surface area contributed by atoms with Crippen LogP contribution >= 0.6 is 47.0 Å². The monoisotopic (exact) mass is 435 g/mol. The minimum atomic E-state index is 0.346. The van der Waals surface area contributed by atoms with Crippen LogP contribution in [-0.2, 0) is 13.2 Å². The van der Waals surface area contributed by atoms with E-state index in [2.05, 4.69) is 5.32 Å². The summed E-state index contributed by atoms with van der Waals surface area (Å²) in [4.78, 5) is 0.630. The maximum Gasteiger partial charge on any atom is 0.120 e. The SMILES string of the molecule is S=C(NCc1ccccc1Cl)c1cccc(OCc2ccc(Cl)cc2Cl)c1. The van der Waals surface area contributed by atoms with Gasteiger partial charge in [0.1, 0.15) is 17.3 Å². The van der Waals surface area contributed by atoms with E-state index in [1.54, 1.807) is 12.1 Å². The fourth-order valence-electron chi connectivity index (χ4n) is 2.45. The van der Waals surface area contributed by atoms with Crippen LogP contribution in [0.15, 0.2) is 66.7 Å². The summed E-state index contributed by atoms with van der Waals surface area (Å²) < 4.78 is 5.85. The predicted molar refractivity (Wildman–Crippen MR) is 117 cm³/mol. The van der Waals surface area contributed by atoms with Crippen molar-refractivity contribution in [3.63, 3.8) is 0 Å². The van der Waals surface area contributed by atoms with Gasteiger partial charge in [0.25, 0.3) is 0 Å². The molecule has 2 nitrogen and oxygen atoms in total. The van der Waals surface area contributed by atoms with E-state index < -0.39 is 0 Å². The van der Waals surface area contributed by atoms with Crippen molar-refractivity contribution < 1.29 is 4.74 Å². The average Bonchev–Trinajstić information content (AvgIpc) is 2.67. The molecule has 3 rings (SSSR count). The fourth-order valence-corrected chi connectivity index (χ4v) is 3.31. The summed E-state index contributed by atoms with van der Waals surface area (Å²) in [7, 11) is 0. The molecule has 0 aromatic heterocycles. The molecule has 0 amide bonds. The zero-order valence-corrected chi connectivity index (χ0v) is 17.3. The number of ether oxygens (including phenoxy) is 1. The third-order valence-electron chi connectivity index (χ3n) is 3.90. The Kier molecular flexibility index (Phi) is 6.97. The highest BCUT2D eigenvalue weighted by Gasteiger charge is 2.06. The van der Waals surface area contributed by atoms with Gasteiger partial charge in [-0.25, -0.2) is 0 Å². The van der Waals surface area contributed by atoms with Crippen LogP contribution in [0.1, 0.15) is 16.7 Å². The summed E-state index contributed by atoms with van der Waals surface area (Å²) >= 11 is 23.8. The summed E-state index contributed by atoms with van der Waals surface area (Å²) in [6.45, 7) is 0.906. The highest BCUT2D eigenvalue weighted by Crippen LogP contribution is 2.23. The largest absolute Gasteiger partial charge is 0.489 e. The summed E-state index contributed by atoms with van der Waals surface area (Å²) in [5.74, 6) is 0.709. The number of benzene rings is 3. The second kappa shape index (κ2) is 9.43. The van der Waals surface area contributed by atoms with Gasteiger partial charge in [-0.2, -0.15) is 0 Å². The summed E-state index contributed by atoms with van der Waals surface area (Å²) in [5.41, 5.74) is 2.73. The van der Waals surface area contributed by atoms with Crippen molar-refractivity contribution in [2.45, 2.75) is 13.2 Å². The molecule has 0 bridgehead atoms. The predicted octanol–water partition coefficient (Wildman–Crippen LogP) is 6.69. The number of hydrogen-bond donors (Lipinski definition) is 1. The van der Waals surface area contributed by atoms with E-state index in [9.17, 15) is 0 Å². The van der Waals surface area contributed by atoms with E-state index in [-0.39, 0.29) is 0 Å². The lowest BCUT2D eigenvalue weighted by Crippen LogP contribution is -2.21. The lowest BCUT2D eigenvalue weighted by molar-refractivity contribution is 0.306. The lowest BCUT2D eigenvalue weighted by Gasteiger charge is -2.12. The fraction of sp³-hybridized carbons (Fsp3) is 0.0952. The Hall–Kier alpha value is -1.78. The van der Waals surface area contributed by atoms with Gasteiger partial charge in [-0.05, 0) is 35.9 Å². The number of hydrogen-bond acceptors (Lipinski definition) is 2. The minimum absolute atomic E-state index is 0.346. The molecule has 0 saturated carbocycles. The Balaban J connectivity index is 1.62. The minimum Gasteiger partial charge on any atom is -0.489 e. The maximum absolute atomic E-state index is 6.18. The van der Waals surface area contributed by atoms with Crippen molar-refractivity contribution in [1.82, 2.24) is 5.32 Å². The molecular weight excluding hydrogens is 421 g/mol. The van der Waals surface area contributed by atoms with Gasteiger partial charge >= 0.3 is 0 Å². The van der Waals surface area contributed by atoms with Crippen LogP contribution in [0.2, 0.25) is 15.1 Å². The first-order valence-corrected chi connectivity index (χ1v) is 9.75. The number of thiocarbonyl (C=S) groups is 1. The quantitative estimate of drug-likeness (QED) is 0.435. The third-order valence-corrected chi connectivity index (χ3v) is 5.24. The van der Waals surface area contributed by atoms with Gasteiger partial charge in [-0.3, -0.25) is 0 Å². The van der Waals surface area contributed by atoms with Crippen molar-refractivity contribution in [3.05, 3.63) is 98.5 Å². The highest BCUT2D eigenvalue weighted by atomic mass is 35.5. The van der Waals surface area contributed by atoms with Crippen LogP contribution in [0.5, 0.6) is 5.75 Å². The van der Waals surface area contributed by atoms with Gasteiger partial charge in [-0.1, -0.05) is 83.4 Å². The van der Waals surface area contributed by atoms with Gasteiger partial charge in [0.2, 0.25) is 0 Å². The molecule has 0 aliphatic heterocycles. The van der Waals surface area contributed by atoms with Crippen LogP contribution in [0.25, 0.3) is 0 Å². The Bertz CT molecular complexity index is 962. The second-order valence-electron chi connectivity index (χ2n) is 5.83. The molecule has 0 radical (unpaired) electrons. The van der Waals surface area contributed by atoms with Crippen LogP contribution in [0.3, 0.4) is 0 Å². The first kappa shape index (κ1) is 20.0. The first-order chi connectivity index (χ1) is 13.0. The smallest absolute Gasteiger partial charge is 0.120 e. The Morgan fingerprint density at radius 2 is 1.67 bits per heavy atom. The normalized spacial score (nSPS) is 10.5. The molecule has 0 unspecified atom stereocenters. The molecule has 0 fully saturated rings. The van der Waals surface area contributed by atoms with Crippen molar-refractivity contribution in [2.24, 2.45) is 0 Å². The van der Waals surface area contributed by atoms with E-state index in [0.29, 0.717) is 39.0 Å². The zero-order chi connectivity index (χ0) is 19.2. The Morgan fingerprint density at radius 3 is 2.44 bits per heavy atom. The highest BCUT2D eigenvalue weighted by molar-refractivity contribution is 7.80. The van der Waals surface area contributed by atoms with Crippen LogP contribution in [0, 0.1) is 0 Å². The summed E-state index contributed by atoms with van der Waals surface area (Å²) in [6.07, 6.45) is 0. The number of rotatable bonds is 6. The van der Waals surface area contributed by atoms with Gasteiger partial charge in [0.05, 0.1) is 0 Å². The molecule has 0 heterocycles. The standard InChI is InChI=1S/C21H16Cl3NOS/c22-17-9-8-16(20(24)11-17)13-26-18-6-3-5-14(10-18)21(27)25-12-15-4-1-2-7-19(15)23/h1-11H,12-13H2,(H,25,27). The number of nitrogens with one attached hydrogen (secondary N) is 1. The Labute approximate surface area is 179 Å². The second-order valence-corrected chi connectivity index (χ2v) is 7.49. The van der Waals surface area contributed by atoms with Crippen molar-refractivity contribution in [3.8, 4) is 5.75 Å². The molecule has 27 heavy (non-hydrogen) atoms. The Morgan fingerprint density at radius 1 is 0.852 bits per heavy atom. The van der Waals surface area contributed by atoms with Gasteiger partial charge in [-0.15, -0.1) is 0 Å². The summed E-state index contributed by atoms with van der Waals surface area (Å²) in [5, 5.41) is 5.12. The molecule has 0 spiro atoms. The van der Waals surface area contributed by atoms with Crippen molar-refractivity contribution >= 4 is 52.0 Å². The van der Waals surface area contributed by atoms with E-state index >= 15 is 0 Å². The van der Waals surface area contributed by atoms with E-state index in [1.165, 1.54) is 0 Å². The lowest BCUT2D eigenvalue weighted by atomic mass is 10.2.